The first kappa shape index (κ1) is 23.9. The third kappa shape index (κ3) is 5.91. The fourth-order valence-corrected chi connectivity index (χ4v) is 4.96. The van der Waals surface area contributed by atoms with Crippen LogP contribution in [0, 0.1) is 5.92 Å². The largest absolute Gasteiger partial charge is 0.339 e. The molecular weight excluding hydrogens is 386 g/mol. The zero-order chi connectivity index (χ0) is 19.2. The lowest BCUT2D eigenvalue weighted by atomic mass is 9.93. The number of hydrogen-bond donors (Lipinski definition) is 1. The zero-order valence-electron chi connectivity index (χ0n) is 16.5. The van der Waals surface area contributed by atoms with E-state index in [0.29, 0.717) is 24.6 Å². The predicted molar refractivity (Wildman–Crippen MR) is 111 cm³/mol. The van der Waals surface area contributed by atoms with Gasteiger partial charge in [0.1, 0.15) is 0 Å². The Balaban J connectivity index is 0.00000364. The molecule has 1 amide bonds. The number of sulfonamides is 1. The number of benzene rings is 1. The molecule has 0 aliphatic carbocycles. The fraction of sp³-hybridized carbons (Fsp3) is 0.632. The van der Waals surface area contributed by atoms with E-state index in [2.05, 4.69) is 5.32 Å². The number of nitrogens with zero attached hydrogens (tertiary/aromatic N) is 2. The number of amides is 1. The van der Waals surface area contributed by atoms with Crippen molar-refractivity contribution >= 4 is 28.3 Å². The summed E-state index contributed by atoms with van der Waals surface area (Å²) in [6.07, 6.45) is 3.14. The van der Waals surface area contributed by atoms with Gasteiger partial charge in [-0.25, -0.2) is 8.42 Å². The van der Waals surface area contributed by atoms with Crippen molar-refractivity contribution in [3.05, 3.63) is 29.8 Å². The van der Waals surface area contributed by atoms with E-state index in [9.17, 15) is 13.2 Å². The lowest BCUT2D eigenvalue weighted by Crippen LogP contribution is -2.39. The Kier molecular flexibility index (Phi) is 9.73. The van der Waals surface area contributed by atoms with Crippen molar-refractivity contribution in [3.8, 4) is 0 Å². The van der Waals surface area contributed by atoms with Gasteiger partial charge in [-0.05, 0) is 57.0 Å². The number of carbonyl (C=O) groups is 1. The maximum Gasteiger partial charge on any atom is 0.253 e. The van der Waals surface area contributed by atoms with Gasteiger partial charge in [-0.3, -0.25) is 4.79 Å². The molecule has 1 saturated heterocycles. The summed E-state index contributed by atoms with van der Waals surface area (Å²) in [5.74, 6) is 0.578. The Morgan fingerprint density at radius 1 is 1.22 bits per heavy atom. The third-order valence-corrected chi connectivity index (χ3v) is 7.17. The molecule has 2 rings (SSSR count). The van der Waals surface area contributed by atoms with Gasteiger partial charge in [0, 0.05) is 31.7 Å². The summed E-state index contributed by atoms with van der Waals surface area (Å²) in [5, 5.41) is 3.17. The van der Waals surface area contributed by atoms with E-state index in [0.717, 1.165) is 38.9 Å². The molecule has 0 bridgehead atoms. The first-order valence-electron chi connectivity index (χ1n) is 9.48. The molecule has 0 atom stereocenters. The number of nitrogens with one attached hydrogen (secondary N) is 1. The van der Waals surface area contributed by atoms with Gasteiger partial charge in [0.05, 0.1) is 4.90 Å². The van der Waals surface area contributed by atoms with Crippen LogP contribution >= 0.6 is 12.4 Å². The summed E-state index contributed by atoms with van der Waals surface area (Å²) in [4.78, 5) is 14.9. The highest BCUT2D eigenvalue weighted by Gasteiger charge is 2.26. The van der Waals surface area contributed by atoms with E-state index >= 15 is 0 Å². The normalized spacial score (nSPS) is 15.6. The Labute approximate surface area is 169 Å². The number of likely N-dealkylation sites (tertiary alicyclic amines) is 1. The Morgan fingerprint density at radius 2 is 1.85 bits per heavy atom. The quantitative estimate of drug-likeness (QED) is 0.705. The first-order chi connectivity index (χ1) is 12.4. The van der Waals surface area contributed by atoms with Crippen LogP contribution in [0.2, 0.25) is 0 Å². The molecule has 1 heterocycles. The summed E-state index contributed by atoms with van der Waals surface area (Å²) >= 11 is 0. The van der Waals surface area contributed by atoms with Gasteiger partial charge < -0.3 is 10.2 Å². The van der Waals surface area contributed by atoms with Gasteiger partial charge in [-0.2, -0.15) is 4.31 Å². The van der Waals surface area contributed by atoms with Crippen LogP contribution in [0.5, 0.6) is 0 Å². The van der Waals surface area contributed by atoms with Crippen LogP contribution in [-0.2, 0) is 10.0 Å². The monoisotopic (exact) mass is 417 g/mol. The number of piperidine rings is 1. The summed E-state index contributed by atoms with van der Waals surface area (Å²) in [6, 6.07) is 6.44. The van der Waals surface area contributed by atoms with Crippen LogP contribution in [0.25, 0.3) is 0 Å². The topological polar surface area (TPSA) is 69.7 Å². The Morgan fingerprint density at radius 3 is 2.41 bits per heavy atom. The average Bonchev–Trinajstić information content (AvgIpc) is 2.67. The van der Waals surface area contributed by atoms with E-state index < -0.39 is 10.0 Å². The molecule has 1 aromatic carbocycles. The maximum atomic E-state index is 12.8. The molecule has 0 aromatic heterocycles. The first-order valence-corrected chi connectivity index (χ1v) is 10.9. The highest BCUT2D eigenvalue weighted by molar-refractivity contribution is 7.89. The van der Waals surface area contributed by atoms with E-state index in [1.54, 1.807) is 18.2 Å². The highest BCUT2D eigenvalue weighted by Crippen LogP contribution is 2.23. The SMILES string of the molecule is CCN(CC)S(=O)(=O)c1cccc(C(=O)N2CCC(CCNC)CC2)c1.Cl. The van der Waals surface area contributed by atoms with Crippen LogP contribution in [0.1, 0.15) is 43.5 Å². The molecule has 6 nitrogen and oxygen atoms in total. The molecule has 1 fully saturated rings. The minimum Gasteiger partial charge on any atom is -0.339 e. The molecule has 1 aliphatic heterocycles. The molecule has 8 heteroatoms. The number of hydrogen-bond acceptors (Lipinski definition) is 4. The van der Waals surface area contributed by atoms with E-state index in [1.807, 2.05) is 25.8 Å². The van der Waals surface area contributed by atoms with Crippen LogP contribution in [0.3, 0.4) is 0 Å². The molecule has 27 heavy (non-hydrogen) atoms. The van der Waals surface area contributed by atoms with E-state index in [4.69, 9.17) is 0 Å². The molecule has 1 N–H and O–H groups in total. The maximum absolute atomic E-state index is 12.8. The average molecular weight is 418 g/mol. The standard InChI is InChI=1S/C19H31N3O3S.ClH/c1-4-22(5-2)26(24,25)18-8-6-7-17(15-18)19(23)21-13-10-16(11-14-21)9-12-20-3;/h6-8,15-16,20H,4-5,9-14H2,1-3H3;1H. The molecule has 0 saturated carbocycles. The minimum atomic E-state index is -3.55. The van der Waals surface area contributed by atoms with Gasteiger partial charge >= 0.3 is 0 Å². The summed E-state index contributed by atoms with van der Waals surface area (Å²) in [7, 11) is -1.60. The number of halogens is 1. The summed E-state index contributed by atoms with van der Waals surface area (Å²) in [5.41, 5.74) is 0.451. The van der Waals surface area contributed by atoms with Gasteiger partial charge in [-0.15, -0.1) is 12.4 Å². The van der Waals surface area contributed by atoms with Gasteiger partial charge in [0.25, 0.3) is 5.91 Å². The van der Waals surface area contributed by atoms with Crippen molar-refractivity contribution in [2.45, 2.75) is 38.0 Å². The number of carbonyl (C=O) groups excluding carboxylic acids is 1. The third-order valence-electron chi connectivity index (χ3n) is 5.13. The zero-order valence-corrected chi connectivity index (χ0v) is 18.1. The highest BCUT2D eigenvalue weighted by atomic mass is 35.5. The molecule has 154 valence electrons. The van der Waals surface area contributed by atoms with Crippen LogP contribution in [0.15, 0.2) is 29.2 Å². The molecule has 1 aromatic rings. The van der Waals surface area contributed by atoms with Gasteiger partial charge in [-0.1, -0.05) is 19.9 Å². The van der Waals surface area contributed by atoms with Crippen LogP contribution in [0.4, 0.5) is 0 Å². The second-order valence-corrected chi connectivity index (χ2v) is 8.68. The second-order valence-electron chi connectivity index (χ2n) is 6.74. The van der Waals surface area contributed by atoms with Crippen molar-refractivity contribution in [3.63, 3.8) is 0 Å². The predicted octanol–water partition coefficient (Wildman–Crippen LogP) is 2.60. The van der Waals surface area contributed by atoms with E-state index in [1.165, 1.54) is 10.4 Å². The van der Waals surface area contributed by atoms with Crippen molar-refractivity contribution < 1.29 is 13.2 Å². The lowest BCUT2D eigenvalue weighted by molar-refractivity contribution is 0.0687. The second kappa shape index (κ2) is 11.0. The van der Waals surface area contributed by atoms with E-state index in [-0.39, 0.29) is 23.2 Å². The molecular formula is C19H32ClN3O3S. The summed E-state index contributed by atoms with van der Waals surface area (Å²) < 4.78 is 26.8. The molecule has 0 unspecified atom stereocenters. The van der Waals surface area contributed by atoms with Crippen LogP contribution < -0.4 is 5.32 Å². The van der Waals surface area contributed by atoms with Crippen molar-refractivity contribution in [1.82, 2.24) is 14.5 Å². The Bertz CT molecular complexity index is 700. The molecule has 1 aliphatic rings. The number of rotatable bonds is 8. The smallest absolute Gasteiger partial charge is 0.253 e. The summed E-state index contributed by atoms with van der Waals surface area (Å²) in [6.45, 7) is 6.93. The Hall–Kier alpha value is -1.15. The van der Waals surface area contributed by atoms with Crippen molar-refractivity contribution in [2.24, 2.45) is 5.92 Å². The fourth-order valence-electron chi connectivity index (χ4n) is 3.46. The van der Waals surface area contributed by atoms with Crippen molar-refractivity contribution in [2.75, 3.05) is 39.8 Å². The van der Waals surface area contributed by atoms with Crippen LogP contribution in [-0.4, -0.2) is 63.3 Å². The molecule has 0 radical (unpaired) electrons. The van der Waals surface area contributed by atoms with Gasteiger partial charge in [0.2, 0.25) is 10.0 Å². The molecule has 0 spiro atoms. The van der Waals surface area contributed by atoms with Crippen molar-refractivity contribution in [1.29, 1.82) is 0 Å². The minimum absolute atomic E-state index is 0. The lowest BCUT2D eigenvalue weighted by Gasteiger charge is -2.32. The van der Waals surface area contributed by atoms with Gasteiger partial charge in [0.15, 0.2) is 0 Å².